The molecule has 1 aliphatic carbocycles. The third-order valence-electron chi connectivity index (χ3n) is 5.70. The van der Waals surface area contributed by atoms with Gasteiger partial charge < -0.3 is 15.4 Å². The van der Waals surface area contributed by atoms with Crippen LogP contribution in [-0.2, 0) is 4.74 Å². The van der Waals surface area contributed by atoms with Gasteiger partial charge in [0.15, 0.2) is 0 Å². The van der Waals surface area contributed by atoms with Crippen molar-refractivity contribution in [3.8, 4) is 5.69 Å². The van der Waals surface area contributed by atoms with Crippen molar-refractivity contribution < 1.29 is 9.53 Å². The predicted octanol–water partition coefficient (Wildman–Crippen LogP) is 2.92. The van der Waals surface area contributed by atoms with E-state index in [0.717, 1.165) is 50.2 Å². The lowest BCUT2D eigenvalue weighted by atomic mass is 9.79. The van der Waals surface area contributed by atoms with Crippen LogP contribution in [-0.4, -0.2) is 49.0 Å². The van der Waals surface area contributed by atoms with E-state index in [4.69, 9.17) is 9.84 Å². The van der Waals surface area contributed by atoms with Gasteiger partial charge in [-0.05, 0) is 57.0 Å². The number of carbonyl (C=O) groups is 1. The molecule has 4 rings (SSSR count). The van der Waals surface area contributed by atoms with E-state index in [0.29, 0.717) is 24.8 Å². The van der Waals surface area contributed by atoms with E-state index >= 15 is 0 Å². The maximum atomic E-state index is 13.1. The van der Waals surface area contributed by atoms with Gasteiger partial charge in [-0.15, -0.1) is 12.4 Å². The van der Waals surface area contributed by atoms with E-state index in [9.17, 15) is 4.79 Å². The first-order valence-electron chi connectivity index (χ1n) is 9.84. The summed E-state index contributed by atoms with van der Waals surface area (Å²) in [5.41, 5.74) is 2.57. The zero-order valence-electron chi connectivity index (χ0n) is 16.3. The Bertz CT molecular complexity index is 777. The van der Waals surface area contributed by atoms with Gasteiger partial charge in [-0.25, -0.2) is 4.68 Å². The molecule has 7 heteroatoms. The second-order valence-electron chi connectivity index (χ2n) is 7.84. The lowest BCUT2D eigenvalue weighted by Crippen LogP contribution is -2.47. The molecular weight excluding hydrogens is 376 g/mol. The fourth-order valence-electron chi connectivity index (χ4n) is 3.90. The first-order chi connectivity index (χ1) is 13.2. The van der Waals surface area contributed by atoms with E-state index in [-0.39, 0.29) is 23.7 Å². The Morgan fingerprint density at radius 1 is 1.29 bits per heavy atom. The van der Waals surface area contributed by atoms with Gasteiger partial charge in [-0.2, -0.15) is 5.10 Å². The van der Waals surface area contributed by atoms with E-state index in [1.165, 1.54) is 0 Å². The van der Waals surface area contributed by atoms with Crippen molar-refractivity contribution >= 4 is 18.3 Å². The van der Waals surface area contributed by atoms with Crippen LogP contribution in [0.25, 0.3) is 5.69 Å². The molecule has 1 saturated carbocycles. The highest BCUT2D eigenvalue weighted by Gasteiger charge is 2.34. The number of rotatable bonds is 7. The molecule has 0 bridgehead atoms. The maximum Gasteiger partial charge on any atom is 0.270 e. The van der Waals surface area contributed by atoms with Gasteiger partial charge in [0.25, 0.3) is 5.91 Å². The minimum atomic E-state index is -0.0627. The van der Waals surface area contributed by atoms with Crippen LogP contribution < -0.4 is 10.6 Å². The summed E-state index contributed by atoms with van der Waals surface area (Å²) >= 11 is 0. The highest BCUT2D eigenvalue weighted by molar-refractivity contribution is 5.93. The Balaban J connectivity index is 0.00000225. The summed E-state index contributed by atoms with van der Waals surface area (Å²) in [7, 11) is 1.73. The Labute approximate surface area is 172 Å². The lowest BCUT2D eigenvalue weighted by molar-refractivity contribution is 0.0510. The van der Waals surface area contributed by atoms with Crippen molar-refractivity contribution in [2.75, 3.05) is 33.4 Å². The number of piperidine rings is 1. The minimum absolute atomic E-state index is 0. The number of hydrogen-bond acceptors (Lipinski definition) is 4. The number of nitrogens with zero attached hydrogens (tertiary/aromatic N) is 2. The average molecular weight is 405 g/mol. The van der Waals surface area contributed by atoms with Gasteiger partial charge in [0.05, 0.1) is 18.0 Å². The third-order valence-corrected chi connectivity index (χ3v) is 5.70. The molecule has 0 unspecified atom stereocenters. The number of hydrogen-bond donors (Lipinski definition) is 2. The number of carbonyl (C=O) groups excluding carboxylic acids is 1. The van der Waals surface area contributed by atoms with Crippen molar-refractivity contribution in [1.82, 2.24) is 20.4 Å². The summed E-state index contributed by atoms with van der Waals surface area (Å²) in [5.74, 6) is 0.443. The van der Waals surface area contributed by atoms with Gasteiger partial charge >= 0.3 is 0 Å². The molecule has 1 aliphatic heterocycles. The molecular formula is C21H29ClN4O2. The second kappa shape index (κ2) is 9.07. The number of para-hydroxylation sites is 1. The van der Waals surface area contributed by atoms with Crippen LogP contribution in [0.4, 0.5) is 0 Å². The Morgan fingerprint density at radius 3 is 2.64 bits per heavy atom. The topological polar surface area (TPSA) is 68.2 Å². The summed E-state index contributed by atoms with van der Waals surface area (Å²) in [6, 6.07) is 11.8. The van der Waals surface area contributed by atoms with E-state index < -0.39 is 0 Å². The van der Waals surface area contributed by atoms with Crippen LogP contribution in [0.2, 0.25) is 0 Å². The van der Waals surface area contributed by atoms with Crippen LogP contribution in [0, 0.1) is 5.41 Å². The van der Waals surface area contributed by atoms with Crippen LogP contribution in [0.5, 0.6) is 0 Å². The van der Waals surface area contributed by atoms with Crippen LogP contribution >= 0.6 is 12.4 Å². The van der Waals surface area contributed by atoms with Crippen molar-refractivity contribution in [1.29, 1.82) is 0 Å². The van der Waals surface area contributed by atoms with Crippen molar-refractivity contribution in [3.63, 3.8) is 0 Å². The van der Waals surface area contributed by atoms with Gasteiger partial charge in [0.1, 0.15) is 5.69 Å². The molecule has 2 aliphatic rings. The zero-order valence-corrected chi connectivity index (χ0v) is 17.1. The first-order valence-corrected chi connectivity index (χ1v) is 9.84. The second-order valence-corrected chi connectivity index (χ2v) is 7.84. The molecule has 0 radical (unpaired) electrons. The zero-order chi connectivity index (χ0) is 18.7. The molecule has 1 amide bonds. The predicted molar refractivity (Wildman–Crippen MR) is 112 cm³/mol. The molecule has 1 aromatic heterocycles. The molecule has 28 heavy (non-hydrogen) atoms. The van der Waals surface area contributed by atoms with Crippen LogP contribution in [0.3, 0.4) is 0 Å². The average Bonchev–Trinajstić information content (AvgIpc) is 3.46. The summed E-state index contributed by atoms with van der Waals surface area (Å²) < 4.78 is 7.25. The smallest absolute Gasteiger partial charge is 0.270 e. The normalized spacial score (nSPS) is 18.3. The Hall–Kier alpha value is -1.89. The van der Waals surface area contributed by atoms with Crippen molar-refractivity contribution in [2.24, 2.45) is 5.41 Å². The fourth-order valence-corrected chi connectivity index (χ4v) is 3.90. The monoisotopic (exact) mass is 404 g/mol. The van der Waals surface area contributed by atoms with Gasteiger partial charge in [0, 0.05) is 25.0 Å². The summed E-state index contributed by atoms with van der Waals surface area (Å²) in [5, 5.41) is 11.3. The van der Waals surface area contributed by atoms with Crippen LogP contribution in [0.15, 0.2) is 36.4 Å². The standard InChI is InChI=1S/C21H28N4O2.ClH/c1-27-15-21(9-11-22-12-10-21)14-23-20(26)19-13-18(16-7-8-16)24-25(19)17-5-3-2-4-6-17;/h2-6,13,16,22H,7-12,14-15H2,1H3,(H,23,26);1H. The molecule has 1 saturated heterocycles. The fraction of sp³-hybridized carbons (Fsp3) is 0.524. The molecule has 6 nitrogen and oxygen atoms in total. The summed E-state index contributed by atoms with van der Waals surface area (Å²) in [6.45, 7) is 3.22. The SMILES string of the molecule is COCC1(CNC(=O)c2cc(C3CC3)nn2-c2ccccc2)CCNCC1.Cl. The highest BCUT2D eigenvalue weighted by atomic mass is 35.5. The number of aromatic nitrogens is 2. The van der Waals surface area contributed by atoms with E-state index in [1.807, 2.05) is 36.4 Å². The van der Waals surface area contributed by atoms with Crippen molar-refractivity contribution in [3.05, 3.63) is 47.8 Å². The molecule has 2 heterocycles. The number of nitrogens with one attached hydrogen (secondary N) is 2. The van der Waals surface area contributed by atoms with Crippen molar-refractivity contribution in [2.45, 2.75) is 31.6 Å². The van der Waals surface area contributed by atoms with Gasteiger partial charge in [0.2, 0.25) is 0 Å². The lowest BCUT2D eigenvalue weighted by Gasteiger charge is -2.37. The molecule has 152 valence electrons. The number of benzene rings is 1. The quantitative estimate of drug-likeness (QED) is 0.744. The first kappa shape index (κ1) is 20.8. The summed E-state index contributed by atoms with van der Waals surface area (Å²) in [6.07, 6.45) is 4.34. The molecule has 2 fully saturated rings. The molecule has 2 N–H and O–H groups in total. The largest absolute Gasteiger partial charge is 0.384 e. The molecule has 2 aromatic rings. The van der Waals surface area contributed by atoms with Gasteiger partial charge in [-0.3, -0.25) is 4.79 Å². The Kier molecular flexibility index (Phi) is 6.75. The molecule has 0 atom stereocenters. The number of halogens is 1. The van der Waals surface area contributed by atoms with E-state index in [2.05, 4.69) is 10.6 Å². The molecule has 1 aromatic carbocycles. The maximum absolute atomic E-state index is 13.1. The third kappa shape index (κ3) is 4.57. The molecule has 0 spiro atoms. The minimum Gasteiger partial charge on any atom is -0.384 e. The van der Waals surface area contributed by atoms with Gasteiger partial charge in [-0.1, -0.05) is 18.2 Å². The summed E-state index contributed by atoms with van der Waals surface area (Å²) in [4.78, 5) is 13.1. The number of amides is 1. The van der Waals surface area contributed by atoms with Crippen LogP contribution in [0.1, 0.15) is 47.8 Å². The van der Waals surface area contributed by atoms with E-state index in [1.54, 1.807) is 11.8 Å². The number of ether oxygens (including phenoxy) is 1. The highest BCUT2D eigenvalue weighted by Crippen LogP contribution is 2.39. The number of methoxy groups -OCH3 is 1. The Morgan fingerprint density at radius 2 is 2.00 bits per heavy atom.